The van der Waals surface area contributed by atoms with Crippen LogP contribution >= 0.6 is 11.3 Å². The number of aliphatic hydroxyl groups excluding tert-OH is 1. The molecule has 1 unspecified atom stereocenters. The van der Waals surface area contributed by atoms with Gasteiger partial charge in [-0.15, -0.1) is 11.3 Å². The van der Waals surface area contributed by atoms with Crippen LogP contribution in [0.25, 0.3) is 21.3 Å². The van der Waals surface area contributed by atoms with Gasteiger partial charge in [0.2, 0.25) is 0 Å². The van der Waals surface area contributed by atoms with E-state index in [-0.39, 0.29) is 32.6 Å². The average Bonchev–Trinajstić information content (AvgIpc) is 3.31. The van der Waals surface area contributed by atoms with Gasteiger partial charge >= 0.3 is 6.18 Å². The molecule has 3 aromatic heterocycles. The third-order valence-electron chi connectivity index (χ3n) is 7.46. The third kappa shape index (κ3) is 6.13. The van der Waals surface area contributed by atoms with Crippen molar-refractivity contribution >= 4 is 44.7 Å². The van der Waals surface area contributed by atoms with E-state index >= 15 is 0 Å². The molecule has 1 atom stereocenters. The molecule has 4 heterocycles. The molecule has 0 spiro atoms. The number of amides is 1. The summed E-state index contributed by atoms with van der Waals surface area (Å²) in [5.74, 6) is -0.717. The molecule has 0 radical (unpaired) electrons. The zero-order chi connectivity index (χ0) is 30.2. The molecule has 1 aliphatic heterocycles. The molecular weight excluding hydrogens is 567 g/mol. The molecule has 42 heavy (non-hydrogen) atoms. The average molecular weight is 600 g/mol. The molecule has 0 bridgehead atoms. The summed E-state index contributed by atoms with van der Waals surface area (Å²) in [5, 5.41) is 13.8. The molecule has 1 saturated heterocycles. The molecule has 0 aliphatic carbocycles. The minimum absolute atomic E-state index is 0.0263. The second-order valence-electron chi connectivity index (χ2n) is 10.5. The maximum Gasteiger partial charge on any atom is 0.417 e. The first-order valence-electron chi connectivity index (χ1n) is 13.4. The van der Waals surface area contributed by atoms with Gasteiger partial charge in [-0.05, 0) is 42.7 Å². The molecule has 222 valence electrons. The zero-order valence-electron chi connectivity index (χ0n) is 23.2. The van der Waals surface area contributed by atoms with E-state index in [0.29, 0.717) is 38.2 Å². The Bertz CT molecular complexity index is 1580. The van der Waals surface area contributed by atoms with Crippen molar-refractivity contribution in [3.05, 3.63) is 64.8 Å². The van der Waals surface area contributed by atoms with Crippen LogP contribution in [0.3, 0.4) is 0 Å². The summed E-state index contributed by atoms with van der Waals surface area (Å²) in [7, 11) is 3.97. The monoisotopic (exact) mass is 599 g/mol. The van der Waals surface area contributed by atoms with E-state index in [2.05, 4.69) is 21.4 Å². The Hall–Kier alpha value is -3.94. The van der Waals surface area contributed by atoms with Gasteiger partial charge in [0.1, 0.15) is 21.6 Å². The van der Waals surface area contributed by atoms with Crippen LogP contribution in [0.1, 0.15) is 39.9 Å². The maximum absolute atomic E-state index is 13.9. The number of benzene rings is 1. The number of aliphatic hydroxyl groups is 1. The number of carbonyl (C=O) groups excluding carboxylic acids is 1. The number of nitrogens with one attached hydrogen (secondary N) is 1. The highest BCUT2D eigenvalue weighted by Crippen LogP contribution is 2.43. The molecule has 1 fully saturated rings. The van der Waals surface area contributed by atoms with Crippen molar-refractivity contribution in [1.82, 2.24) is 15.3 Å². The number of nitrogens with zero attached hydrogens (tertiary/aromatic N) is 4. The fraction of sp³-hybridized carbons (Fsp3) is 0.345. The van der Waals surface area contributed by atoms with Crippen LogP contribution in [0.4, 0.5) is 30.4 Å². The lowest BCUT2D eigenvalue weighted by Crippen LogP contribution is -2.44. The molecular formula is C29H32F3N7O2S. The number of primary amides is 1. The van der Waals surface area contributed by atoms with Crippen molar-refractivity contribution in [3.8, 4) is 11.1 Å². The van der Waals surface area contributed by atoms with E-state index in [4.69, 9.17) is 11.5 Å². The Morgan fingerprint density at radius 2 is 1.93 bits per heavy atom. The summed E-state index contributed by atoms with van der Waals surface area (Å²) in [6.45, 7) is 1.22. The first-order valence-corrected chi connectivity index (χ1v) is 14.2. The fourth-order valence-corrected chi connectivity index (χ4v) is 6.08. The van der Waals surface area contributed by atoms with Gasteiger partial charge in [0.25, 0.3) is 5.91 Å². The van der Waals surface area contributed by atoms with Crippen molar-refractivity contribution < 1.29 is 23.1 Å². The van der Waals surface area contributed by atoms with Crippen LogP contribution in [0.15, 0.2) is 48.7 Å². The minimum Gasteiger partial charge on any atom is -0.397 e. The Balaban J connectivity index is 1.21. The Morgan fingerprint density at radius 3 is 2.55 bits per heavy atom. The predicted molar refractivity (Wildman–Crippen MR) is 160 cm³/mol. The van der Waals surface area contributed by atoms with E-state index in [0.717, 1.165) is 34.2 Å². The number of anilines is 3. The minimum atomic E-state index is -4.68. The van der Waals surface area contributed by atoms with Crippen molar-refractivity contribution in [3.63, 3.8) is 0 Å². The summed E-state index contributed by atoms with van der Waals surface area (Å²) in [5.41, 5.74) is 13.5. The number of carbonyl (C=O) groups is 1. The molecule has 5 rings (SSSR count). The highest BCUT2D eigenvalue weighted by molar-refractivity contribution is 7.21. The molecule has 13 heteroatoms. The number of hydrogen-bond donors (Lipinski definition) is 4. The van der Waals surface area contributed by atoms with Crippen molar-refractivity contribution in [2.75, 3.05) is 49.3 Å². The lowest BCUT2D eigenvalue weighted by atomic mass is 10.0. The van der Waals surface area contributed by atoms with Gasteiger partial charge in [-0.3, -0.25) is 9.78 Å². The molecule has 6 N–H and O–H groups in total. The summed E-state index contributed by atoms with van der Waals surface area (Å²) < 4.78 is 41.8. The smallest absolute Gasteiger partial charge is 0.397 e. The Kier molecular flexibility index (Phi) is 8.26. The van der Waals surface area contributed by atoms with Gasteiger partial charge in [-0.1, -0.05) is 18.2 Å². The number of rotatable bonds is 8. The highest BCUT2D eigenvalue weighted by Gasteiger charge is 2.37. The van der Waals surface area contributed by atoms with Gasteiger partial charge in [0.05, 0.1) is 16.9 Å². The maximum atomic E-state index is 13.9. The largest absolute Gasteiger partial charge is 0.417 e. The molecule has 1 aromatic carbocycles. The quantitative estimate of drug-likeness (QED) is 0.234. The van der Waals surface area contributed by atoms with Gasteiger partial charge < -0.3 is 31.7 Å². The number of aromatic nitrogens is 2. The zero-order valence-corrected chi connectivity index (χ0v) is 24.0. The highest BCUT2D eigenvalue weighted by atomic mass is 32.1. The molecule has 4 aromatic rings. The number of thiophene rings is 1. The van der Waals surface area contributed by atoms with E-state index in [1.807, 2.05) is 49.3 Å². The van der Waals surface area contributed by atoms with Gasteiger partial charge in [-0.2, -0.15) is 13.2 Å². The number of fused-ring (bicyclic) bond motifs is 1. The van der Waals surface area contributed by atoms with E-state index in [1.165, 1.54) is 0 Å². The second-order valence-corrected chi connectivity index (χ2v) is 11.5. The topological polar surface area (TPSA) is 134 Å². The number of alkyl halides is 3. The van der Waals surface area contributed by atoms with Crippen LogP contribution < -0.4 is 26.6 Å². The van der Waals surface area contributed by atoms with E-state index < -0.39 is 23.8 Å². The predicted octanol–water partition coefficient (Wildman–Crippen LogP) is 4.42. The molecule has 1 aliphatic rings. The Morgan fingerprint density at radius 1 is 1.19 bits per heavy atom. The number of pyridine rings is 2. The van der Waals surface area contributed by atoms with Crippen LogP contribution in [0.2, 0.25) is 0 Å². The van der Waals surface area contributed by atoms with Crippen molar-refractivity contribution in [2.24, 2.45) is 5.73 Å². The standard InChI is InChI=1S/C29H32F3N7O2S/c1-38(2)19-5-3-4-16(12-19)17-6-7-21(36-14-17)22(40)15-35-18-8-10-39(11-9-18)23-13-20(29(30,31)32)24-25(33)26(27(34)41)42-28(24)37-23/h3-7,12-14,18,22,35,40H,8-11,15,33H2,1-2H3,(H2,34,41). The summed E-state index contributed by atoms with van der Waals surface area (Å²) in [6.07, 6.45) is -2.47. The van der Waals surface area contributed by atoms with Crippen LogP contribution in [-0.4, -0.2) is 60.8 Å². The summed E-state index contributed by atoms with van der Waals surface area (Å²) in [4.78, 5) is 24.3. The first kappa shape index (κ1) is 29.5. The van der Waals surface area contributed by atoms with Crippen molar-refractivity contribution in [2.45, 2.75) is 31.2 Å². The second kappa shape index (κ2) is 11.7. The van der Waals surface area contributed by atoms with E-state index in [1.54, 1.807) is 11.1 Å². The lowest BCUT2D eigenvalue weighted by Gasteiger charge is -2.34. The van der Waals surface area contributed by atoms with Gasteiger partial charge in [0.15, 0.2) is 0 Å². The molecule has 1 amide bonds. The summed E-state index contributed by atoms with van der Waals surface area (Å²) >= 11 is 0.766. The number of halogens is 3. The number of nitrogen functional groups attached to an aromatic ring is 1. The van der Waals surface area contributed by atoms with Crippen LogP contribution in [0, 0.1) is 0 Å². The van der Waals surface area contributed by atoms with Gasteiger partial charge in [-0.25, -0.2) is 4.98 Å². The van der Waals surface area contributed by atoms with Crippen molar-refractivity contribution in [1.29, 1.82) is 0 Å². The van der Waals surface area contributed by atoms with Crippen LogP contribution in [0.5, 0.6) is 0 Å². The number of hydrogen-bond acceptors (Lipinski definition) is 9. The number of piperidine rings is 1. The first-order chi connectivity index (χ1) is 19.9. The van der Waals surface area contributed by atoms with Crippen LogP contribution in [-0.2, 0) is 6.18 Å². The normalized spacial score (nSPS) is 15.2. The SMILES string of the molecule is CN(C)c1cccc(-c2ccc(C(O)CNC3CCN(c4cc(C(F)(F)F)c5c(N)c(C(N)=O)sc5n4)CC3)nc2)c1. The van der Waals surface area contributed by atoms with E-state index in [9.17, 15) is 23.1 Å². The Labute approximate surface area is 245 Å². The third-order valence-corrected chi connectivity index (χ3v) is 8.57. The fourth-order valence-electron chi connectivity index (χ4n) is 5.11. The summed E-state index contributed by atoms with van der Waals surface area (Å²) in [6, 6.07) is 12.9. The lowest BCUT2D eigenvalue weighted by molar-refractivity contribution is -0.136. The molecule has 9 nitrogen and oxygen atoms in total. The molecule has 0 saturated carbocycles. The van der Waals surface area contributed by atoms with Gasteiger partial charge in [0, 0.05) is 62.6 Å². The number of nitrogens with two attached hydrogens (primary N) is 2.